The van der Waals surface area contributed by atoms with Gasteiger partial charge in [-0.15, -0.1) is 0 Å². The summed E-state index contributed by atoms with van der Waals surface area (Å²) in [4.78, 5) is 0. The summed E-state index contributed by atoms with van der Waals surface area (Å²) >= 11 is 0. The van der Waals surface area contributed by atoms with Crippen molar-refractivity contribution in [2.24, 2.45) is 0 Å². The van der Waals surface area contributed by atoms with Crippen LogP contribution in [0.5, 0.6) is 0 Å². The van der Waals surface area contributed by atoms with Gasteiger partial charge in [-0.2, -0.15) is 10.5 Å². The maximum atomic E-state index is 11.6. The minimum Gasteiger partial charge on any atom is -0.226 e. The molecule has 0 amide bonds. The van der Waals surface area contributed by atoms with Crippen LogP contribution in [0.25, 0.3) is 0 Å². The van der Waals surface area contributed by atoms with Gasteiger partial charge < -0.3 is 0 Å². The van der Waals surface area contributed by atoms with Crippen molar-refractivity contribution in [3.63, 3.8) is 0 Å². The Bertz CT molecular complexity index is 404. The molecule has 0 aliphatic carbocycles. The molecule has 0 radical (unpaired) electrons. The lowest BCUT2D eigenvalue weighted by atomic mass is 10.1. The van der Waals surface area contributed by atoms with Gasteiger partial charge in [0.1, 0.15) is 0 Å². The Labute approximate surface area is 123 Å². The molecule has 5 heteroatoms. The van der Waals surface area contributed by atoms with Crippen molar-refractivity contribution < 1.29 is 8.42 Å². The monoisotopic (exact) mass is 298 g/mol. The quantitative estimate of drug-likeness (QED) is 0.514. The van der Waals surface area contributed by atoms with Crippen molar-refractivity contribution in [1.82, 2.24) is 0 Å². The van der Waals surface area contributed by atoms with Crippen molar-refractivity contribution >= 4 is 9.84 Å². The van der Waals surface area contributed by atoms with Crippen molar-refractivity contribution in [1.29, 1.82) is 10.5 Å². The molecule has 0 rings (SSSR count). The van der Waals surface area contributed by atoms with Crippen LogP contribution in [-0.2, 0) is 9.84 Å². The van der Waals surface area contributed by atoms with Crippen LogP contribution < -0.4 is 0 Å². The zero-order chi connectivity index (χ0) is 15.3. The molecule has 0 atom stereocenters. The lowest BCUT2D eigenvalue weighted by Gasteiger charge is -2.04. The second kappa shape index (κ2) is 11.7. The average Bonchev–Trinajstić information content (AvgIpc) is 2.42. The van der Waals surface area contributed by atoms with E-state index < -0.39 is 15.1 Å². The van der Waals surface area contributed by atoms with Crippen LogP contribution in [0.2, 0.25) is 0 Å². The standard InChI is InChI=1S/C15H26N2O2S/c1-2-3-4-5-6-7-8-9-10-11-12-20(18,19)15(13-16)14-17/h15H,2-12H2,1H3. The molecule has 4 nitrogen and oxygen atoms in total. The normalized spacial score (nSPS) is 11.2. The van der Waals surface area contributed by atoms with Gasteiger partial charge in [-0.3, -0.25) is 0 Å². The molecule has 0 spiro atoms. The van der Waals surface area contributed by atoms with Gasteiger partial charge in [0.05, 0.1) is 17.9 Å². The summed E-state index contributed by atoms with van der Waals surface area (Å²) in [6, 6.07) is 3.06. The highest BCUT2D eigenvalue weighted by Gasteiger charge is 2.23. The van der Waals surface area contributed by atoms with Crippen LogP contribution >= 0.6 is 0 Å². The van der Waals surface area contributed by atoms with Gasteiger partial charge in [-0.25, -0.2) is 8.42 Å². The largest absolute Gasteiger partial charge is 0.233 e. The average molecular weight is 298 g/mol. The van der Waals surface area contributed by atoms with Crippen LogP contribution in [0.3, 0.4) is 0 Å². The Morgan fingerprint density at radius 1 is 0.800 bits per heavy atom. The maximum absolute atomic E-state index is 11.6. The van der Waals surface area contributed by atoms with E-state index in [1.807, 2.05) is 0 Å². The highest BCUT2D eigenvalue weighted by Crippen LogP contribution is 2.12. The van der Waals surface area contributed by atoms with E-state index in [-0.39, 0.29) is 5.75 Å². The number of unbranched alkanes of at least 4 members (excludes halogenated alkanes) is 9. The number of nitriles is 2. The first kappa shape index (κ1) is 18.9. The number of nitrogens with zero attached hydrogens (tertiary/aromatic N) is 2. The molecule has 114 valence electrons. The Hall–Kier alpha value is -1.07. The van der Waals surface area contributed by atoms with Gasteiger partial charge in [-0.05, 0) is 6.42 Å². The minimum atomic E-state index is -3.55. The molecule has 0 bridgehead atoms. The van der Waals surface area contributed by atoms with Gasteiger partial charge in [-0.1, -0.05) is 64.7 Å². The first-order valence-corrected chi connectivity index (χ1v) is 9.30. The molecule has 0 saturated heterocycles. The Morgan fingerprint density at radius 3 is 1.60 bits per heavy atom. The molecular formula is C15H26N2O2S. The Balaban J connectivity index is 3.54. The fraction of sp³-hybridized carbons (Fsp3) is 0.867. The summed E-state index contributed by atoms with van der Waals surface area (Å²) in [6.45, 7) is 2.21. The molecule has 0 aromatic heterocycles. The topological polar surface area (TPSA) is 81.7 Å². The van der Waals surface area contributed by atoms with Crippen molar-refractivity contribution in [2.75, 3.05) is 5.75 Å². The molecule has 0 saturated carbocycles. The summed E-state index contributed by atoms with van der Waals surface area (Å²) < 4.78 is 23.2. The highest BCUT2D eigenvalue weighted by molar-refractivity contribution is 7.92. The fourth-order valence-electron chi connectivity index (χ4n) is 2.10. The molecule has 0 N–H and O–H groups in total. The van der Waals surface area contributed by atoms with Crippen LogP contribution in [0.4, 0.5) is 0 Å². The molecule has 0 aromatic carbocycles. The zero-order valence-electron chi connectivity index (χ0n) is 12.5. The van der Waals surface area contributed by atoms with Crippen LogP contribution in [0.15, 0.2) is 0 Å². The van der Waals surface area contributed by atoms with Gasteiger partial charge in [0.25, 0.3) is 0 Å². The predicted molar refractivity (Wildman–Crippen MR) is 80.6 cm³/mol. The Morgan fingerprint density at radius 2 is 1.20 bits per heavy atom. The summed E-state index contributed by atoms with van der Waals surface area (Å²) in [5, 5.41) is 15.6. The van der Waals surface area contributed by atoms with E-state index in [2.05, 4.69) is 6.92 Å². The third-order valence-corrected chi connectivity index (χ3v) is 5.16. The van der Waals surface area contributed by atoms with E-state index in [0.717, 1.165) is 19.3 Å². The summed E-state index contributed by atoms with van der Waals surface area (Å²) in [5.41, 5.74) is 0. The summed E-state index contributed by atoms with van der Waals surface area (Å²) in [6.07, 6.45) is 11.3. The van der Waals surface area contributed by atoms with Crippen molar-refractivity contribution in [3.8, 4) is 12.1 Å². The zero-order valence-corrected chi connectivity index (χ0v) is 13.3. The summed E-state index contributed by atoms with van der Waals surface area (Å²) in [5.74, 6) is -0.0463. The van der Waals surface area contributed by atoms with E-state index in [4.69, 9.17) is 10.5 Å². The van der Waals surface area contributed by atoms with Crippen LogP contribution in [0, 0.1) is 22.7 Å². The number of sulfone groups is 1. The molecule has 0 aromatic rings. The van der Waals surface area contributed by atoms with Gasteiger partial charge in [0, 0.05) is 0 Å². The smallest absolute Gasteiger partial charge is 0.226 e. The predicted octanol–water partition coefficient (Wildman–Crippen LogP) is 3.74. The number of hydrogen-bond acceptors (Lipinski definition) is 4. The molecule has 0 aliphatic heterocycles. The van der Waals surface area contributed by atoms with E-state index in [1.54, 1.807) is 0 Å². The third-order valence-electron chi connectivity index (χ3n) is 3.38. The molecule has 0 fully saturated rings. The first-order valence-electron chi connectivity index (χ1n) is 7.59. The number of rotatable bonds is 12. The fourth-order valence-corrected chi connectivity index (χ4v) is 3.26. The third kappa shape index (κ3) is 8.93. The highest BCUT2D eigenvalue weighted by atomic mass is 32.2. The number of hydrogen-bond donors (Lipinski definition) is 0. The van der Waals surface area contributed by atoms with E-state index >= 15 is 0 Å². The Kier molecular flexibility index (Phi) is 11.1. The van der Waals surface area contributed by atoms with Crippen LogP contribution in [0.1, 0.15) is 71.1 Å². The first-order chi connectivity index (χ1) is 9.58. The molecule has 0 aliphatic rings. The molecule has 0 unspecified atom stereocenters. The van der Waals surface area contributed by atoms with E-state index in [1.165, 1.54) is 50.7 Å². The van der Waals surface area contributed by atoms with Crippen LogP contribution in [-0.4, -0.2) is 19.4 Å². The van der Waals surface area contributed by atoms with Crippen molar-refractivity contribution in [3.05, 3.63) is 0 Å². The van der Waals surface area contributed by atoms with E-state index in [0.29, 0.717) is 6.42 Å². The summed E-state index contributed by atoms with van der Waals surface area (Å²) in [7, 11) is -3.55. The second-order valence-electron chi connectivity index (χ2n) is 5.19. The van der Waals surface area contributed by atoms with E-state index in [9.17, 15) is 8.42 Å². The minimum absolute atomic E-state index is 0.0463. The molecular weight excluding hydrogens is 272 g/mol. The van der Waals surface area contributed by atoms with Gasteiger partial charge in [0.2, 0.25) is 5.25 Å². The van der Waals surface area contributed by atoms with Crippen molar-refractivity contribution in [2.45, 2.75) is 76.4 Å². The SMILES string of the molecule is CCCCCCCCCCCCS(=O)(=O)C(C#N)C#N. The van der Waals surface area contributed by atoms with Gasteiger partial charge in [0.15, 0.2) is 9.84 Å². The maximum Gasteiger partial charge on any atom is 0.233 e. The lowest BCUT2D eigenvalue weighted by molar-refractivity contribution is 0.557. The van der Waals surface area contributed by atoms with Gasteiger partial charge >= 0.3 is 0 Å². The second-order valence-corrected chi connectivity index (χ2v) is 7.39. The molecule has 0 heterocycles. The molecule has 20 heavy (non-hydrogen) atoms. The lowest BCUT2D eigenvalue weighted by Crippen LogP contribution is -2.20.